The Labute approximate surface area is 110 Å². The Hall–Kier alpha value is -0.580. The van der Waals surface area contributed by atoms with Crippen LogP contribution in [0.5, 0.6) is 5.75 Å². The number of ether oxygens (including phenoxy) is 1. The van der Waals surface area contributed by atoms with Gasteiger partial charge in [0.1, 0.15) is 11.4 Å². The summed E-state index contributed by atoms with van der Waals surface area (Å²) in [7, 11) is 0. The fourth-order valence-electron chi connectivity index (χ4n) is 2.08. The maximum atomic E-state index is 11.8. The first kappa shape index (κ1) is 12.9. The van der Waals surface area contributed by atoms with Gasteiger partial charge in [-0.3, -0.25) is 0 Å². The second-order valence-electron chi connectivity index (χ2n) is 4.34. The lowest BCUT2D eigenvalue weighted by molar-refractivity contribution is -0.779. The van der Waals surface area contributed by atoms with E-state index >= 15 is 0 Å². The van der Waals surface area contributed by atoms with E-state index in [1.165, 1.54) is 5.56 Å². The van der Waals surface area contributed by atoms with E-state index < -0.39 is 0 Å². The number of halogens is 1. The molecule has 0 aromatic heterocycles. The summed E-state index contributed by atoms with van der Waals surface area (Å²) in [6, 6.07) is 5.92. The summed E-state index contributed by atoms with van der Waals surface area (Å²) in [5.74, 6) is 0.827. The summed E-state index contributed by atoms with van der Waals surface area (Å²) in [6.07, 6.45) is 4.16. The molecule has 0 radical (unpaired) electrons. The van der Waals surface area contributed by atoms with Gasteiger partial charge in [-0.2, -0.15) is 0 Å². The van der Waals surface area contributed by atoms with Gasteiger partial charge in [0.15, 0.2) is 0 Å². The Bertz CT molecular complexity index is 370. The highest BCUT2D eigenvalue weighted by molar-refractivity contribution is 9.09. The molecule has 94 valence electrons. The number of benzene rings is 1. The predicted octanol–water partition coefficient (Wildman–Crippen LogP) is 2.20. The number of alkyl halides is 1. The van der Waals surface area contributed by atoms with Gasteiger partial charge in [0.25, 0.3) is 0 Å². The van der Waals surface area contributed by atoms with Crippen LogP contribution in [0.1, 0.15) is 24.8 Å². The summed E-state index contributed by atoms with van der Waals surface area (Å²) < 4.78 is 5.65. The number of aryl methyl sites for hydroxylation is 1. The second kappa shape index (κ2) is 6.38. The molecule has 1 aliphatic rings. The van der Waals surface area contributed by atoms with Gasteiger partial charge in [-0.1, -0.05) is 15.9 Å². The van der Waals surface area contributed by atoms with E-state index in [0.717, 1.165) is 49.1 Å². The van der Waals surface area contributed by atoms with Crippen LogP contribution in [0.4, 0.5) is 5.69 Å². The summed E-state index contributed by atoms with van der Waals surface area (Å²) in [4.78, 5) is 0. The van der Waals surface area contributed by atoms with E-state index in [0.29, 0.717) is 6.54 Å². The number of nitrogens with one attached hydrogen (secondary N) is 1. The molecular weight excluding hydrogens is 282 g/mol. The standard InChI is InChI=1S/C13H18BrNO2/c14-7-1-2-9-17-12-6-5-11-4-3-8-15(16)13(11)10-12/h5-6,10,15H,1-4,7-9H2. The maximum absolute atomic E-state index is 11.8. The number of fused-ring (bicyclic) bond motifs is 1. The minimum absolute atomic E-state index is 0.261. The van der Waals surface area contributed by atoms with E-state index in [1.807, 2.05) is 18.2 Å². The smallest absolute Gasteiger partial charge is 0.138 e. The van der Waals surface area contributed by atoms with Crippen molar-refractivity contribution in [3.8, 4) is 5.75 Å². The van der Waals surface area contributed by atoms with Crippen LogP contribution in [-0.2, 0) is 6.42 Å². The van der Waals surface area contributed by atoms with E-state index in [2.05, 4.69) is 15.9 Å². The molecule has 1 atom stereocenters. The molecule has 1 unspecified atom stereocenters. The van der Waals surface area contributed by atoms with Crippen molar-refractivity contribution >= 4 is 21.6 Å². The van der Waals surface area contributed by atoms with Crippen LogP contribution >= 0.6 is 15.9 Å². The molecule has 1 aliphatic heterocycles. The maximum Gasteiger partial charge on any atom is 0.138 e. The largest absolute Gasteiger partial charge is 0.629 e. The van der Waals surface area contributed by atoms with Crippen LogP contribution in [0.3, 0.4) is 0 Å². The summed E-state index contributed by atoms with van der Waals surface area (Å²) in [5.41, 5.74) is 2.04. The number of hydrogen-bond acceptors (Lipinski definition) is 2. The van der Waals surface area contributed by atoms with Gasteiger partial charge < -0.3 is 15.0 Å². The molecule has 1 heterocycles. The molecule has 0 bridgehead atoms. The van der Waals surface area contributed by atoms with Crippen LogP contribution in [0.15, 0.2) is 18.2 Å². The Morgan fingerprint density at radius 2 is 2.24 bits per heavy atom. The zero-order chi connectivity index (χ0) is 12.1. The van der Waals surface area contributed by atoms with Crippen molar-refractivity contribution in [3.63, 3.8) is 0 Å². The minimum atomic E-state index is 0.261. The minimum Gasteiger partial charge on any atom is -0.629 e. The Kier molecular flexibility index (Phi) is 4.83. The van der Waals surface area contributed by atoms with E-state index in [-0.39, 0.29) is 5.06 Å². The van der Waals surface area contributed by atoms with Crippen molar-refractivity contribution in [2.45, 2.75) is 25.7 Å². The molecule has 0 aliphatic carbocycles. The van der Waals surface area contributed by atoms with Gasteiger partial charge in [0.2, 0.25) is 0 Å². The Balaban J connectivity index is 1.97. The molecule has 1 aromatic rings. The van der Waals surface area contributed by atoms with Gasteiger partial charge >= 0.3 is 0 Å². The summed E-state index contributed by atoms with van der Waals surface area (Å²) in [6.45, 7) is 1.40. The molecule has 0 amide bonds. The van der Waals surface area contributed by atoms with Crippen LogP contribution in [0.2, 0.25) is 0 Å². The zero-order valence-electron chi connectivity index (χ0n) is 9.88. The molecule has 4 heteroatoms. The third-order valence-corrected chi connectivity index (χ3v) is 3.59. The molecule has 2 rings (SSSR count). The van der Waals surface area contributed by atoms with Crippen LogP contribution < -0.4 is 9.80 Å². The first-order valence-corrected chi connectivity index (χ1v) is 7.28. The fourth-order valence-corrected chi connectivity index (χ4v) is 2.48. The van der Waals surface area contributed by atoms with Crippen molar-refractivity contribution in [1.82, 2.24) is 0 Å². The molecule has 1 N–H and O–H groups in total. The SMILES string of the molecule is [O-][NH+]1CCCc2ccc(OCCCCBr)cc21. The van der Waals surface area contributed by atoms with Gasteiger partial charge in [-0.05, 0) is 31.4 Å². The van der Waals surface area contributed by atoms with Crippen LogP contribution in [0, 0.1) is 5.21 Å². The van der Waals surface area contributed by atoms with Crippen molar-refractivity contribution in [2.75, 3.05) is 18.5 Å². The quantitative estimate of drug-likeness (QED) is 0.514. The average molecular weight is 300 g/mol. The third kappa shape index (κ3) is 3.44. The van der Waals surface area contributed by atoms with Crippen molar-refractivity contribution < 1.29 is 9.80 Å². The second-order valence-corrected chi connectivity index (χ2v) is 5.13. The lowest BCUT2D eigenvalue weighted by Crippen LogP contribution is -3.03. The predicted molar refractivity (Wildman–Crippen MR) is 72.1 cm³/mol. The van der Waals surface area contributed by atoms with Crippen LogP contribution in [-0.4, -0.2) is 18.5 Å². The zero-order valence-corrected chi connectivity index (χ0v) is 11.5. The van der Waals surface area contributed by atoms with Gasteiger partial charge in [-0.25, -0.2) is 0 Å². The fraction of sp³-hybridized carbons (Fsp3) is 0.538. The monoisotopic (exact) mass is 299 g/mol. The molecule has 3 nitrogen and oxygen atoms in total. The normalized spacial score (nSPS) is 18.8. The average Bonchev–Trinajstić information content (AvgIpc) is 2.36. The number of rotatable bonds is 5. The van der Waals surface area contributed by atoms with Crippen molar-refractivity contribution in [2.24, 2.45) is 0 Å². The molecule has 1 aromatic carbocycles. The lowest BCUT2D eigenvalue weighted by atomic mass is 10.0. The van der Waals surface area contributed by atoms with Crippen LogP contribution in [0.25, 0.3) is 0 Å². The highest BCUT2D eigenvalue weighted by Crippen LogP contribution is 2.23. The van der Waals surface area contributed by atoms with Gasteiger partial charge in [0, 0.05) is 23.4 Å². The van der Waals surface area contributed by atoms with E-state index in [4.69, 9.17) is 4.74 Å². The van der Waals surface area contributed by atoms with Crippen molar-refractivity contribution in [3.05, 3.63) is 29.0 Å². The first-order valence-electron chi connectivity index (χ1n) is 6.16. The van der Waals surface area contributed by atoms with Gasteiger partial charge in [-0.15, -0.1) is 0 Å². The molecule has 0 saturated carbocycles. The number of quaternary nitrogens is 1. The lowest BCUT2D eigenvalue weighted by Gasteiger charge is -2.28. The van der Waals surface area contributed by atoms with Crippen molar-refractivity contribution in [1.29, 1.82) is 0 Å². The third-order valence-electron chi connectivity index (χ3n) is 3.03. The Morgan fingerprint density at radius 3 is 3.06 bits per heavy atom. The van der Waals surface area contributed by atoms with E-state index in [9.17, 15) is 5.21 Å². The highest BCUT2D eigenvalue weighted by Gasteiger charge is 2.16. The Morgan fingerprint density at radius 1 is 1.35 bits per heavy atom. The molecule has 0 spiro atoms. The van der Waals surface area contributed by atoms with E-state index in [1.54, 1.807) is 0 Å². The highest BCUT2D eigenvalue weighted by atomic mass is 79.9. The number of unbranched alkanes of at least 4 members (excludes halogenated alkanes) is 1. The molecule has 0 fully saturated rings. The number of hydroxylamine groups is 1. The summed E-state index contributed by atoms with van der Waals surface area (Å²) in [5, 5.41) is 13.0. The summed E-state index contributed by atoms with van der Waals surface area (Å²) >= 11 is 3.39. The van der Waals surface area contributed by atoms with Gasteiger partial charge in [0.05, 0.1) is 13.2 Å². The number of hydrogen-bond donors (Lipinski definition) is 1. The molecule has 17 heavy (non-hydrogen) atoms. The molecule has 0 saturated heterocycles. The first-order chi connectivity index (χ1) is 8.31. The topological polar surface area (TPSA) is 36.7 Å². The molecular formula is C13H18BrNO2.